The first-order valence-corrected chi connectivity index (χ1v) is 11.0. The number of carbonyl (C=O) groups excluding carboxylic acids is 3. The van der Waals surface area contributed by atoms with Gasteiger partial charge in [-0.3, -0.25) is 14.4 Å². The first-order valence-electron chi connectivity index (χ1n) is 11.0. The number of nitrogens with zero attached hydrogens (tertiary/aromatic N) is 1. The summed E-state index contributed by atoms with van der Waals surface area (Å²) < 4.78 is 0. The van der Waals surface area contributed by atoms with Gasteiger partial charge in [0.1, 0.15) is 0 Å². The number of hydrogen-bond acceptors (Lipinski definition) is 3. The van der Waals surface area contributed by atoms with Crippen molar-refractivity contribution >= 4 is 34.8 Å². The summed E-state index contributed by atoms with van der Waals surface area (Å²) in [6, 6.07) is 20.2. The molecule has 6 nitrogen and oxygen atoms in total. The van der Waals surface area contributed by atoms with E-state index in [-0.39, 0.29) is 30.7 Å². The molecule has 6 heteroatoms. The monoisotopic (exact) mass is 441 g/mol. The van der Waals surface area contributed by atoms with Crippen molar-refractivity contribution < 1.29 is 14.4 Å². The molecule has 0 unspecified atom stereocenters. The topological polar surface area (TPSA) is 78.5 Å². The molecule has 1 atom stereocenters. The van der Waals surface area contributed by atoms with Gasteiger partial charge < -0.3 is 15.5 Å². The molecule has 3 amide bonds. The van der Waals surface area contributed by atoms with Crippen LogP contribution in [0.1, 0.15) is 33.5 Å². The fourth-order valence-corrected chi connectivity index (χ4v) is 3.91. The van der Waals surface area contributed by atoms with Crippen molar-refractivity contribution in [1.29, 1.82) is 0 Å². The van der Waals surface area contributed by atoms with E-state index in [9.17, 15) is 14.4 Å². The van der Waals surface area contributed by atoms with E-state index in [0.717, 1.165) is 22.4 Å². The molecular weight excluding hydrogens is 414 g/mol. The van der Waals surface area contributed by atoms with Gasteiger partial charge in [0.05, 0.1) is 5.92 Å². The molecule has 1 fully saturated rings. The highest BCUT2D eigenvalue weighted by Crippen LogP contribution is 2.28. The third-order valence-electron chi connectivity index (χ3n) is 6.09. The summed E-state index contributed by atoms with van der Waals surface area (Å²) >= 11 is 0. The van der Waals surface area contributed by atoms with E-state index >= 15 is 0 Å². The summed E-state index contributed by atoms with van der Waals surface area (Å²) in [6.45, 7) is 6.22. The van der Waals surface area contributed by atoms with Gasteiger partial charge in [-0.25, -0.2) is 0 Å². The van der Waals surface area contributed by atoms with Crippen LogP contribution in [-0.4, -0.2) is 24.3 Å². The highest BCUT2D eigenvalue weighted by atomic mass is 16.2. The summed E-state index contributed by atoms with van der Waals surface area (Å²) in [5.74, 6) is -1.01. The van der Waals surface area contributed by atoms with Crippen molar-refractivity contribution in [3.05, 3.63) is 89.0 Å². The van der Waals surface area contributed by atoms with Gasteiger partial charge in [-0.05, 0) is 68.3 Å². The van der Waals surface area contributed by atoms with E-state index in [1.165, 1.54) is 0 Å². The zero-order chi connectivity index (χ0) is 23.5. The number of amides is 3. The maximum Gasteiger partial charge on any atom is 0.255 e. The molecule has 4 rings (SSSR count). The number of nitrogens with one attached hydrogen (secondary N) is 2. The maximum absolute atomic E-state index is 12.8. The predicted octanol–water partition coefficient (Wildman–Crippen LogP) is 4.86. The predicted molar refractivity (Wildman–Crippen MR) is 131 cm³/mol. The normalized spacial score (nSPS) is 15.4. The number of aryl methyl sites for hydroxylation is 2. The molecule has 0 radical (unpaired) electrons. The lowest BCUT2D eigenvalue weighted by atomic mass is 10.1. The summed E-state index contributed by atoms with van der Waals surface area (Å²) in [4.78, 5) is 39.8. The van der Waals surface area contributed by atoms with E-state index < -0.39 is 5.92 Å². The molecule has 1 saturated heterocycles. The summed E-state index contributed by atoms with van der Waals surface area (Å²) in [5.41, 5.74) is 5.75. The Morgan fingerprint density at radius 1 is 0.909 bits per heavy atom. The Morgan fingerprint density at radius 2 is 1.64 bits per heavy atom. The number of carbonyl (C=O) groups is 3. The van der Waals surface area contributed by atoms with Crippen LogP contribution in [0, 0.1) is 26.7 Å². The van der Waals surface area contributed by atoms with E-state index in [2.05, 4.69) is 10.6 Å². The summed E-state index contributed by atoms with van der Waals surface area (Å²) in [6.07, 6.45) is 0.135. The molecule has 168 valence electrons. The van der Waals surface area contributed by atoms with Crippen LogP contribution in [0.15, 0.2) is 66.7 Å². The zero-order valence-corrected chi connectivity index (χ0v) is 19.0. The third kappa shape index (κ3) is 4.95. The highest BCUT2D eigenvalue weighted by molar-refractivity contribution is 6.07. The van der Waals surface area contributed by atoms with E-state index in [1.807, 2.05) is 63.2 Å². The van der Waals surface area contributed by atoms with Crippen molar-refractivity contribution in [2.24, 2.45) is 5.92 Å². The van der Waals surface area contributed by atoms with Gasteiger partial charge in [-0.15, -0.1) is 0 Å². The number of rotatable bonds is 5. The van der Waals surface area contributed by atoms with Gasteiger partial charge in [-0.2, -0.15) is 0 Å². The van der Waals surface area contributed by atoms with E-state index in [4.69, 9.17) is 0 Å². The SMILES string of the molecule is Cc1ccc(NC(=O)c2cccc(N3C[C@@H](C(=O)Nc4cccc(C)c4C)CC3=O)c2)cc1. The van der Waals surface area contributed by atoms with Gasteiger partial charge in [-0.1, -0.05) is 35.9 Å². The zero-order valence-electron chi connectivity index (χ0n) is 19.0. The minimum Gasteiger partial charge on any atom is -0.326 e. The van der Waals surface area contributed by atoms with Crippen molar-refractivity contribution in [2.45, 2.75) is 27.2 Å². The lowest BCUT2D eigenvalue weighted by Crippen LogP contribution is -2.28. The van der Waals surface area contributed by atoms with Gasteiger partial charge in [0, 0.05) is 35.6 Å². The Balaban J connectivity index is 1.45. The lowest BCUT2D eigenvalue weighted by molar-refractivity contribution is -0.122. The molecule has 1 aliphatic heterocycles. The third-order valence-corrected chi connectivity index (χ3v) is 6.09. The molecule has 33 heavy (non-hydrogen) atoms. The first kappa shape index (κ1) is 22.3. The van der Waals surface area contributed by atoms with Crippen LogP contribution in [0.4, 0.5) is 17.1 Å². The molecule has 0 aromatic heterocycles. The molecular formula is C27H27N3O3. The molecule has 0 spiro atoms. The van der Waals surface area contributed by atoms with Crippen molar-refractivity contribution in [3.63, 3.8) is 0 Å². The van der Waals surface area contributed by atoms with E-state index in [1.54, 1.807) is 29.2 Å². The maximum atomic E-state index is 12.8. The minimum atomic E-state index is -0.456. The Labute approximate surface area is 193 Å². The molecule has 1 aliphatic rings. The summed E-state index contributed by atoms with van der Waals surface area (Å²) in [7, 11) is 0. The van der Waals surface area contributed by atoms with Gasteiger partial charge >= 0.3 is 0 Å². The van der Waals surface area contributed by atoms with Crippen LogP contribution < -0.4 is 15.5 Å². The van der Waals surface area contributed by atoms with Crippen molar-refractivity contribution in [3.8, 4) is 0 Å². The standard InChI is InChI=1S/C27H27N3O3/c1-17-10-12-22(13-11-17)28-26(32)20-7-5-8-23(14-20)30-16-21(15-25(30)31)27(33)29-24-9-4-6-18(2)19(24)3/h4-14,21H,15-16H2,1-3H3,(H,28,32)(H,29,33)/t21-/m0/s1. The summed E-state index contributed by atoms with van der Waals surface area (Å²) in [5, 5.41) is 5.84. The van der Waals surface area contributed by atoms with Crippen LogP contribution in [0.25, 0.3) is 0 Å². The first-order chi connectivity index (χ1) is 15.8. The number of anilines is 3. The van der Waals surface area contributed by atoms with Crippen LogP contribution >= 0.6 is 0 Å². The fourth-order valence-electron chi connectivity index (χ4n) is 3.91. The van der Waals surface area contributed by atoms with Crippen LogP contribution in [0.5, 0.6) is 0 Å². The van der Waals surface area contributed by atoms with Crippen LogP contribution in [0.2, 0.25) is 0 Å². The minimum absolute atomic E-state index is 0.132. The molecule has 2 N–H and O–H groups in total. The van der Waals surface area contributed by atoms with Gasteiger partial charge in [0.15, 0.2) is 0 Å². The van der Waals surface area contributed by atoms with Crippen molar-refractivity contribution in [1.82, 2.24) is 0 Å². The van der Waals surface area contributed by atoms with Gasteiger partial charge in [0.25, 0.3) is 5.91 Å². The Morgan fingerprint density at radius 3 is 2.39 bits per heavy atom. The average Bonchev–Trinajstić information content (AvgIpc) is 3.20. The molecule has 3 aromatic carbocycles. The Hall–Kier alpha value is -3.93. The average molecular weight is 442 g/mol. The van der Waals surface area contributed by atoms with Crippen LogP contribution in [0.3, 0.4) is 0 Å². The molecule has 0 aliphatic carbocycles. The fraction of sp³-hybridized carbons (Fsp3) is 0.222. The largest absolute Gasteiger partial charge is 0.326 e. The second-order valence-corrected chi connectivity index (χ2v) is 8.51. The molecule has 3 aromatic rings. The van der Waals surface area contributed by atoms with Gasteiger partial charge in [0.2, 0.25) is 11.8 Å². The highest BCUT2D eigenvalue weighted by Gasteiger charge is 2.35. The Kier molecular flexibility index (Phi) is 6.27. The van der Waals surface area contributed by atoms with Crippen LogP contribution in [-0.2, 0) is 9.59 Å². The Bertz CT molecular complexity index is 1220. The lowest BCUT2D eigenvalue weighted by Gasteiger charge is -2.18. The molecule has 0 saturated carbocycles. The molecule has 1 heterocycles. The smallest absolute Gasteiger partial charge is 0.255 e. The number of hydrogen-bond donors (Lipinski definition) is 2. The second-order valence-electron chi connectivity index (χ2n) is 8.51. The quantitative estimate of drug-likeness (QED) is 0.594. The van der Waals surface area contributed by atoms with Crippen molar-refractivity contribution in [2.75, 3.05) is 22.1 Å². The molecule has 0 bridgehead atoms. The van der Waals surface area contributed by atoms with E-state index in [0.29, 0.717) is 16.9 Å². The number of benzene rings is 3. The second kappa shape index (κ2) is 9.28.